The molecule has 0 aromatic heterocycles. The fraction of sp³-hybridized carbons (Fsp3) is 0.333. The first kappa shape index (κ1) is 17.2. The van der Waals surface area contributed by atoms with Crippen molar-refractivity contribution in [3.8, 4) is 6.07 Å². The smallest absolute Gasteiger partial charge is 0.253 e. The van der Waals surface area contributed by atoms with Gasteiger partial charge in [-0.25, -0.2) is 0 Å². The van der Waals surface area contributed by atoms with Crippen LogP contribution in [0.15, 0.2) is 42.5 Å². The first-order valence-corrected chi connectivity index (χ1v) is 8.52. The zero-order chi connectivity index (χ0) is 18.0. The molecule has 2 aromatic carbocycles. The third-order valence-electron chi connectivity index (χ3n) is 5.18. The number of nitrogens with zero attached hydrogens (tertiary/aromatic N) is 2. The van der Waals surface area contributed by atoms with E-state index in [-0.39, 0.29) is 5.91 Å². The molecule has 25 heavy (non-hydrogen) atoms. The van der Waals surface area contributed by atoms with Crippen LogP contribution in [0, 0.1) is 25.2 Å². The molecule has 1 N–H and O–H groups in total. The zero-order valence-electron chi connectivity index (χ0n) is 14.6. The average molecular weight is 334 g/mol. The number of rotatable bonds is 2. The van der Waals surface area contributed by atoms with Gasteiger partial charge >= 0.3 is 0 Å². The Labute approximate surface area is 148 Å². The van der Waals surface area contributed by atoms with E-state index >= 15 is 0 Å². The van der Waals surface area contributed by atoms with E-state index in [1.807, 2.05) is 36.9 Å². The Morgan fingerprint density at radius 1 is 1.08 bits per heavy atom. The second kappa shape index (κ2) is 6.70. The molecule has 0 saturated carbocycles. The molecule has 1 heterocycles. The molecule has 1 aliphatic rings. The third-order valence-corrected chi connectivity index (χ3v) is 5.18. The van der Waals surface area contributed by atoms with Crippen LogP contribution >= 0.6 is 0 Å². The zero-order valence-corrected chi connectivity index (χ0v) is 14.6. The van der Waals surface area contributed by atoms with Crippen LogP contribution < -0.4 is 0 Å². The number of carbonyl (C=O) groups is 1. The van der Waals surface area contributed by atoms with Crippen LogP contribution in [-0.2, 0) is 5.60 Å². The molecule has 3 rings (SSSR count). The van der Waals surface area contributed by atoms with Crippen molar-refractivity contribution in [1.29, 1.82) is 5.26 Å². The Kier molecular flexibility index (Phi) is 4.61. The van der Waals surface area contributed by atoms with E-state index in [0.717, 1.165) is 11.1 Å². The van der Waals surface area contributed by atoms with Crippen LogP contribution in [0.2, 0.25) is 0 Å². The lowest BCUT2D eigenvalue weighted by Gasteiger charge is -2.38. The van der Waals surface area contributed by atoms with Crippen LogP contribution in [0.25, 0.3) is 0 Å². The number of benzene rings is 2. The number of hydrogen-bond acceptors (Lipinski definition) is 3. The van der Waals surface area contributed by atoms with E-state index in [4.69, 9.17) is 5.26 Å². The summed E-state index contributed by atoms with van der Waals surface area (Å²) in [6.45, 7) is 5.07. The quantitative estimate of drug-likeness (QED) is 0.916. The highest BCUT2D eigenvalue weighted by Crippen LogP contribution is 2.33. The van der Waals surface area contributed by atoms with Gasteiger partial charge in [-0.15, -0.1) is 0 Å². The Morgan fingerprint density at radius 3 is 2.28 bits per heavy atom. The van der Waals surface area contributed by atoms with Gasteiger partial charge < -0.3 is 10.0 Å². The maximum absolute atomic E-state index is 12.7. The molecule has 2 aromatic rings. The number of hydrogen-bond donors (Lipinski definition) is 1. The fourth-order valence-electron chi connectivity index (χ4n) is 3.28. The standard InChI is InChI=1S/C21H22N2O2/c1-15-3-6-18(13-16(15)2)20(24)23-11-9-21(25,10-12-23)19-7-4-17(14-22)5-8-19/h3-8,13,25H,9-12H2,1-2H3. The summed E-state index contributed by atoms with van der Waals surface area (Å²) in [4.78, 5) is 14.5. The molecule has 1 amide bonds. The summed E-state index contributed by atoms with van der Waals surface area (Å²) in [5.74, 6) is 0.0185. The molecule has 128 valence electrons. The minimum atomic E-state index is -0.937. The fourth-order valence-corrected chi connectivity index (χ4v) is 3.28. The molecule has 0 aliphatic carbocycles. The van der Waals surface area contributed by atoms with E-state index in [9.17, 15) is 9.90 Å². The van der Waals surface area contributed by atoms with Crippen molar-refractivity contribution in [2.45, 2.75) is 32.3 Å². The van der Waals surface area contributed by atoms with Crippen molar-refractivity contribution in [2.75, 3.05) is 13.1 Å². The Balaban J connectivity index is 1.71. The van der Waals surface area contributed by atoms with Gasteiger partial charge in [-0.2, -0.15) is 5.26 Å². The van der Waals surface area contributed by atoms with E-state index < -0.39 is 5.60 Å². The number of aliphatic hydroxyl groups is 1. The summed E-state index contributed by atoms with van der Waals surface area (Å²) in [5, 5.41) is 19.8. The van der Waals surface area contributed by atoms with E-state index in [2.05, 4.69) is 6.07 Å². The van der Waals surface area contributed by atoms with E-state index in [0.29, 0.717) is 37.1 Å². The highest BCUT2D eigenvalue weighted by Gasteiger charge is 2.35. The molecule has 1 fully saturated rings. The van der Waals surface area contributed by atoms with Gasteiger partial charge in [0.25, 0.3) is 5.91 Å². The van der Waals surface area contributed by atoms with Crippen molar-refractivity contribution < 1.29 is 9.90 Å². The van der Waals surface area contributed by atoms with Crippen molar-refractivity contribution in [3.05, 3.63) is 70.3 Å². The summed E-state index contributed by atoms with van der Waals surface area (Å²) in [5.41, 5.74) is 3.43. The lowest BCUT2D eigenvalue weighted by atomic mass is 9.84. The molecule has 4 nitrogen and oxygen atoms in total. The maximum Gasteiger partial charge on any atom is 0.253 e. The van der Waals surface area contributed by atoms with Gasteiger partial charge in [-0.05, 0) is 67.6 Å². The van der Waals surface area contributed by atoms with Gasteiger partial charge in [-0.3, -0.25) is 4.79 Å². The van der Waals surface area contributed by atoms with Crippen molar-refractivity contribution >= 4 is 5.91 Å². The molecule has 4 heteroatoms. The minimum absolute atomic E-state index is 0.0185. The topological polar surface area (TPSA) is 64.3 Å². The minimum Gasteiger partial charge on any atom is -0.385 e. The molecular weight excluding hydrogens is 312 g/mol. The first-order chi connectivity index (χ1) is 11.9. The van der Waals surface area contributed by atoms with Crippen molar-refractivity contribution in [3.63, 3.8) is 0 Å². The molecule has 0 unspecified atom stereocenters. The van der Waals surface area contributed by atoms with Gasteiger partial charge in [0.05, 0.1) is 17.2 Å². The van der Waals surface area contributed by atoms with Crippen LogP contribution in [0.4, 0.5) is 0 Å². The maximum atomic E-state index is 12.7. The normalized spacial score (nSPS) is 16.3. The second-order valence-electron chi connectivity index (χ2n) is 6.81. The van der Waals surface area contributed by atoms with Gasteiger partial charge in [0.1, 0.15) is 0 Å². The lowest BCUT2D eigenvalue weighted by molar-refractivity contribution is -0.0211. The van der Waals surface area contributed by atoms with Crippen LogP contribution in [0.1, 0.15) is 45.5 Å². The van der Waals surface area contributed by atoms with Crippen molar-refractivity contribution in [1.82, 2.24) is 4.90 Å². The van der Waals surface area contributed by atoms with Gasteiger partial charge in [0, 0.05) is 18.7 Å². The SMILES string of the molecule is Cc1ccc(C(=O)N2CCC(O)(c3ccc(C#N)cc3)CC2)cc1C. The van der Waals surface area contributed by atoms with Gasteiger partial charge in [0.15, 0.2) is 0 Å². The number of aryl methyl sites for hydroxylation is 2. The van der Waals surface area contributed by atoms with E-state index in [1.165, 1.54) is 5.56 Å². The predicted octanol–water partition coefficient (Wildman–Crippen LogP) is 3.30. The lowest BCUT2D eigenvalue weighted by Crippen LogP contribution is -2.45. The van der Waals surface area contributed by atoms with Crippen LogP contribution in [-0.4, -0.2) is 29.0 Å². The molecular formula is C21H22N2O2. The van der Waals surface area contributed by atoms with Crippen molar-refractivity contribution in [2.24, 2.45) is 0 Å². The largest absolute Gasteiger partial charge is 0.385 e. The number of carbonyl (C=O) groups excluding carboxylic acids is 1. The van der Waals surface area contributed by atoms with Crippen LogP contribution in [0.3, 0.4) is 0 Å². The Bertz CT molecular complexity index is 826. The summed E-state index contributed by atoms with van der Waals surface area (Å²) < 4.78 is 0. The highest BCUT2D eigenvalue weighted by molar-refractivity contribution is 5.94. The Morgan fingerprint density at radius 2 is 1.72 bits per heavy atom. The molecule has 1 aliphatic heterocycles. The highest BCUT2D eigenvalue weighted by atomic mass is 16.3. The first-order valence-electron chi connectivity index (χ1n) is 8.52. The van der Waals surface area contributed by atoms with Gasteiger partial charge in [0.2, 0.25) is 0 Å². The summed E-state index contributed by atoms with van der Waals surface area (Å²) >= 11 is 0. The average Bonchev–Trinajstić information content (AvgIpc) is 2.64. The molecule has 0 spiro atoms. The van der Waals surface area contributed by atoms with Crippen LogP contribution in [0.5, 0.6) is 0 Å². The number of amides is 1. The third kappa shape index (κ3) is 3.42. The monoisotopic (exact) mass is 334 g/mol. The predicted molar refractivity (Wildman–Crippen MR) is 96.1 cm³/mol. The summed E-state index contributed by atoms with van der Waals surface area (Å²) in [6, 6.07) is 14.9. The molecule has 1 saturated heterocycles. The summed E-state index contributed by atoms with van der Waals surface area (Å²) in [7, 11) is 0. The Hall–Kier alpha value is -2.64. The number of nitriles is 1. The molecule has 0 atom stereocenters. The number of piperidine rings is 1. The molecule has 0 radical (unpaired) electrons. The second-order valence-corrected chi connectivity index (χ2v) is 6.81. The summed E-state index contributed by atoms with van der Waals surface area (Å²) in [6.07, 6.45) is 0.991. The number of likely N-dealkylation sites (tertiary alicyclic amines) is 1. The van der Waals surface area contributed by atoms with Gasteiger partial charge in [-0.1, -0.05) is 18.2 Å². The molecule has 0 bridgehead atoms. The van der Waals surface area contributed by atoms with E-state index in [1.54, 1.807) is 24.3 Å².